The minimum absolute atomic E-state index is 0.0369. The normalized spacial score (nSPS) is 18.2. The summed E-state index contributed by atoms with van der Waals surface area (Å²) in [5.74, 6) is 1.43. The van der Waals surface area contributed by atoms with Crippen LogP contribution in [0.2, 0.25) is 0 Å². The number of hydrogen-bond acceptors (Lipinski definition) is 5. The van der Waals surface area contributed by atoms with Gasteiger partial charge >= 0.3 is 0 Å². The summed E-state index contributed by atoms with van der Waals surface area (Å²) in [7, 11) is 1.79. The molecule has 2 aromatic rings. The predicted molar refractivity (Wildman–Crippen MR) is 105 cm³/mol. The lowest BCUT2D eigenvalue weighted by atomic mass is 10.1. The van der Waals surface area contributed by atoms with E-state index in [1.807, 2.05) is 60.5 Å². The van der Waals surface area contributed by atoms with Crippen LogP contribution in [0.25, 0.3) is 0 Å². The smallest absolute Gasteiger partial charge is 0.253 e. The molecule has 6 nitrogen and oxygen atoms in total. The molecule has 6 heteroatoms. The van der Waals surface area contributed by atoms with Gasteiger partial charge in [-0.05, 0) is 43.3 Å². The molecule has 2 aromatic carbocycles. The molecule has 2 aliphatic rings. The van der Waals surface area contributed by atoms with Crippen molar-refractivity contribution in [2.45, 2.75) is 19.4 Å². The van der Waals surface area contributed by atoms with Gasteiger partial charge in [0.25, 0.3) is 5.91 Å². The molecule has 140 valence electrons. The number of hydrogen-bond donors (Lipinski definition) is 0. The van der Waals surface area contributed by atoms with Crippen LogP contribution in [0.3, 0.4) is 0 Å². The lowest BCUT2D eigenvalue weighted by Crippen LogP contribution is -2.41. The Morgan fingerprint density at radius 3 is 2.63 bits per heavy atom. The van der Waals surface area contributed by atoms with Gasteiger partial charge in [0.05, 0.1) is 12.2 Å². The Morgan fingerprint density at radius 2 is 1.93 bits per heavy atom. The van der Waals surface area contributed by atoms with Gasteiger partial charge in [0, 0.05) is 31.3 Å². The molecule has 0 aromatic heterocycles. The van der Waals surface area contributed by atoms with Crippen LogP contribution in [0.15, 0.2) is 53.6 Å². The zero-order valence-electron chi connectivity index (χ0n) is 15.6. The van der Waals surface area contributed by atoms with Gasteiger partial charge in [0.2, 0.25) is 0 Å². The second-order valence-corrected chi connectivity index (χ2v) is 6.94. The highest BCUT2D eigenvalue weighted by Crippen LogP contribution is 2.31. The number of hydrazone groups is 1. The number of carbonyl (C=O) groups excluding carboxylic acids is 1. The molecule has 27 heavy (non-hydrogen) atoms. The fraction of sp³-hybridized carbons (Fsp3) is 0.333. The number of benzene rings is 2. The topological polar surface area (TPSA) is 54.4 Å². The van der Waals surface area contributed by atoms with E-state index in [0.29, 0.717) is 18.7 Å². The third kappa shape index (κ3) is 3.74. The first-order valence-electron chi connectivity index (χ1n) is 9.16. The molecule has 0 unspecified atom stereocenters. The number of para-hydroxylation sites is 2. The van der Waals surface area contributed by atoms with E-state index in [9.17, 15) is 4.79 Å². The number of likely N-dealkylation sites (N-methyl/N-ethyl adjacent to an activating group) is 1. The van der Waals surface area contributed by atoms with Gasteiger partial charge in [0.1, 0.15) is 6.61 Å². The van der Waals surface area contributed by atoms with Gasteiger partial charge in [-0.25, -0.2) is 0 Å². The lowest BCUT2D eigenvalue weighted by Gasteiger charge is -2.29. The summed E-state index contributed by atoms with van der Waals surface area (Å²) in [6.07, 6.45) is 0.797. The van der Waals surface area contributed by atoms with E-state index in [-0.39, 0.29) is 12.0 Å². The van der Waals surface area contributed by atoms with E-state index in [4.69, 9.17) is 9.47 Å². The van der Waals surface area contributed by atoms with Crippen LogP contribution in [0.1, 0.15) is 23.7 Å². The molecule has 1 atom stereocenters. The molecule has 0 aliphatic carbocycles. The van der Waals surface area contributed by atoms with Crippen molar-refractivity contribution in [2.24, 2.45) is 5.10 Å². The Bertz CT molecular complexity index is 863. The SMILES string of the molecule is CC1=NN(c2ccc(C(=O)N(C)C[C@@H]3COc4ccccc4O3)cc2)CC1. The van der Waals surface area contributed by atoms with Crippen molar-refractivity contribution < 1.29 is 14.3 Å². The maximum Gasteiger partial charge on any atom is 0.253 e. The van der Waals surface area contributed by atoms with Gasteiger partial charge in [-0.15, -0.1) is 0 Å². The van der Waals surface area contributed by atoms with E-state index in [0.717, 1.165) is 35.9 Å². The van der Waals surface area contributed by atoms with Crippen molar-refractivity contribution in [3.8, 4) is 11.5 Å². The van der Waals surface area contributed by atoms with Crippen molar-refractivity contribution >= 4 is 17.3 Å². The zero-order valence-corrected chi connectivity index (χ0v) is 15.6. The van der Waals surface area contributed by atoms with Crippen LogP contribution in [-0.4, -0.2) is 49.4 Å². The molecule has 2 heterocycles. The molecule has 0 spiro atoms. The van der Waals surface area contributed by atoms with Crippen molar-refractivity contribution in [1.82, 2.24) is 4.90 Å². The van der Waals surface area contributed by atoms with Crippen molar-refractivity contribution in [2.75, 3.05) is 31.8 Å². The summed E-state index contributed by atoms with van der Waals surface area (Å²) in [5.41, 5.74) is 2.79. The van der Waals surface area contributed by atoms with Crippen LogP contribution in [0.4, 0.5) is 5.69 Å². The van der Waals surface area contributed by atoms with Gasteiger partial charge in [-0.1, -0.05) is 12.1 Å². The Labute approximate surface area is 159 Å². The van der Waals surface area contributed by atoms with Gasteiger partial charge in [-0.3, -0.25) is 9.80 Å². The maximum absolute atomic E-state index is 12.7. The molecular formula is C21H23N3O3. The Balaban J connectivity index is 1.38. The number of anilines is 1. The molecular weight excluding hydrogens is 342 g/mol. The molecule has 2 aliphatic heterocycles. The number of rotatable bonds is 4. The first-order valence-corrected chi connectivity index (χ1v) is 9.16. The van der Waals surface area contributed by atoms with Crippen LogP contribution < -0.4 is 14.5 Å². The second-order valence-electron chi connectivity index (χ2n) is 6.94. The van der Waals surface area contributed by atoms with Crippen molar-refractivity contribution in [3.63, 3.8) is 0 Å². The van der Waals surface area contributed by atoms with Crippen molar-refractivity contribution in [3.05, 3.63) is 54.1 Å². The molecule has 1 amide bonds. The first-order chi connectivity index (χ1) is 13.1. The third-order valence-electron chi connectivity index (χ3n) is 4.78. The van der Waals surface area contributed by atoms with E-state index < -0.39 is 0 Å². The summed E-state index contributed by atoms with van der Waals surface area (Å²) in [4.78, 5) is 14.4. The largest absolute Gasteiger partial charge is 0.486 e. The Morgan fingerprint density at radius 1 is 1.19 bits per heavy atom. The maximum atomic E-state index is 12.7. The molecule has 0 saturated heterocycles. The summed E-state index contributed by atoms with van der Waals surface area (Å²) >= 11 is 0. The fourth-order valence-electron chi connectivity index (χ4n) is 3.30. The summed E-state index contributed by atoms with van der Waals surface area (Å²) < 4.78 is 11.7. The summed E-state index contributed by atoms with van der Waals surface area (Å²) in [6, 6.07) is 15.2. The van der Waals surface area contributed by atoms with Crippen LogP contribution >= 0.6 is 0 Å². The van der Waals surface area contributed by atoms with E-state index >= 15 is 0 Å². The lowest BCUT2D eigenvalue weighted by molar-refractivity contribution is 0.0521. The van der Waals surface area contributed by atoms with Crippen LogP contribution in [0, 0.1) is 0 Å². The third-order valence-corrected chi connectivity index (χ3v) is 4.78. The van der Waals surface area contributed by atoms with Gasteiger partial charge in [-0.2, -0.15) is 5.10 Å². The molecule has 0 bridgehead atoms. The minimum Gasteiger partial charge on any atom is -0.486 e. The number of fused-ring (bicyclic) bond motifs is 1. The zero-order chi connectivity index (χ0) is 18.8. The predicted octanol–water partition coefficient (Wildman–Crippen LogP) is 3.18. The van der Waals surface area contributed by atoms with E-state index in [2.05, 4.69) is 5.10 Å². The van der Waals surface area contributed by atoms with Crippen LogP contribution in [-0.2, 0) is 0 Å². The highest BCUT2D eigenvalue weighted by atomic mass is 16.6. The molecule has 0 fully saturated rings. The van der Waals surface area contributed by atoms with Gasteiger partial charge in [0.15, 0.2) is 17.6 Å². The molecule has 0 saturated carbocycles. The monoisotopic (exact) mass is 365 g/mol. The van der Waals surface area contributed by atoms with E-state index in [1.54, 1.807) is 11.9 Å². The van der Waals surface area contributed by atoms with Crippen molar-refractivity contribution in [1.29, 1.82) is 0 Å². The number of carbonyl (C=O) groups is 1. The number of nitrogens with zero attached hydrogens (tertiary/aromatic N) is 3. The average molecular weight is 365 g/mol. The van der Waals surface area contributed by atoms with E-state index in [1.165, 1.54) is 0 Å². The molecule has 0 N–H and O–H groups in total. The quantitative estimate of drug-likeness (QED) is 0.835. The number of ether oxygens (including phenoxy) is 2. The molecule has 4 rings (SSSR count). The summed E-state index contributed by atoms with van der Waals surface area (Å²) in [5, 5.41) is 6.46. The second kappa shape index (κ2) is 7.31. The highest BCUT2D eigenvalue weighted by Gasteiger charge is 2.24. The number of amides is 1. The average Bonchev–Trinajstić information content (AvgIpc) is 3.14. The summed E-state index contributed by atoms with van der Waals surface area (Å²) in [6.45, 7) is 3.81. The van der Waals surface area contributed by atoms with Gasteiger partial charge < -0.3 is 14.4 Å². The highest BCUT2D eigenvalue weighted by molar-refractivity contribution is 5.94. The Hall–Kier alpha value is -3.02. The fourth-order valence-corrected chi connectivity index (χ4v) is 3.30. The minimum atomic E-state index is -0.185. The standard InChI is InChI=1S/C21H23N3O3/c1-15-11-12-24(22-15)17-9-7-16(8-10-17)21(25)23(2)13-18-14-26-19-5-3-4-6-20(19)27-18/h3-10,18H,11-14H2,1-2H3/t18-/m1/s1. The molecule has 0 radical (unpaired) electrons. The Kier molecular flexibility index (Phi) is 4.71. The first kappa shape index (κ1) is 17.4. The van der Waals surface area contributed by atoms with Crippen LogP contribution in [0.5, 0.6) is 11.5 Å².